The largest absolute Gasteiger partial charge is 0.367 e. The molecule has 0 heterocycles. The number of ether oxygens (including phenoxy) is 1. The molecule has 0 aromatic heterocycles. The second-order valence-corrected chi connectivity index (χ2v) is 16.8. The molecule has 15 nitrogen and oxygen atoms in total. The molecule has 0 saturated heterocycles. The highest BCUT2D eigenvalue weighted by Crippen LogP contribution is 2.21. The van der Waals surface area contributed by atoms with Crippen LogP contribution in [0.3, 0.4) is 0 Å². The Labute approximate surface area is 352 Å². The van der Waals surface area contributed by atoms with E-state index in [9.17, 15) is 19.2 Å². The smallest absolute Gasteiger partial charge is 0.246 e. The van der Waals surface area contributed by atoms with Gasteiger partial charge < -0.3 is 58.7 Å². The highest BCUT2D eigenvalue weighted by atomic mass is 33.1. The zero-order valence-corrected chi connectivity index (χ0v) is 36.4. The Bertz CT molecular complexity index is 918. The summed E-state index contributed by atoms with van der Waals surface area (Å²) in [5.41, 5.74) is 11.1. The number of hydrogen-bond acceptors (Lipinski definition) is 14. The van der Waals surface area contributed by atoms with Crippen LogP contribution in [0, 0.1) is 0 Å². The van der Waals surface area contributed by atoms with Crippen LogP contribution in [-0.4, -0.2) is 151 Å². The fourth-order valence-corrected chi connectivity index (χ4v) is 7.24. The van der Waals surface area contributed by atoms with Crippen molar-refractivity contribution in [2.24, 2.45) is 11.5 Å². The molecule has 0 aliphatic carbocycles. The van der Waals surface area contributed by atoms with Crippen LogP contribution < -0.4 is 54.0 Å². The average molecular weight is 855 g/mol. The number of carbonyl (C=O) groups excluding carboxylic acids is 4. The van der Waals surface area contributed by atoms with Crippen LogP contribution in [0.4, 0.5) is 0 Å². The highest BCUT2D eigenvalue weighted by Gasteiger charge is 2.12. The van der Waals surface area contributed by atoms with Crippen molar-refractivity contribution >= 4 is 57.0 Å². The first-order valence-electron chi connectivity index (χ1n) is 20.6. The molecule has 0 fully saturated rings. The summed E-state index contributed by atoms with van der Waals surface area (Å²) in [5.74, 6) is 1.94. The van der Waals surface area contributed by atoms with E-state index in [-0.39, 0.29) is 43.8 Å². The molecule has 0 aromatic rings. The maximum absolute atomic E-state index is 12.4. The lowest BCUT2D eigenvalue weighted by atomic mass is 10.2. The molecular formula is C38H82N10O5S3. The first kappa shape index (κ1) is 56.7. The molecule has 1 atom stereocenters. The normalized spacial score (nSPS) is 11.5. The van der Waals surface area contributed by atoms with E-state index in [0.29, 0.717) is 63.6 Å². The Morgan fingerprint density at radius 3 is 1.57 bits per heavy atom. The van der Waals surface area contributed by atoms with E-state index in [2.05, 4.69) is 42.5 Å². The molecule has 0 rings (SSSR count). The Kier molecular flexibility index (Phi) is 47.0. The summed E-state index contributed by atoms with van der Waals surface area (Å²) >= 11 is 1.67. The van der Waals surface area contributed by atoms with E-state index < -0.39 is 0 Å². The second kappa shape index (κ2) is 46.3. The van der Waals surface area contributed by atoms with E-state index >= 15 is 0 Å². The van der Waals surface area contributed by atoms with Crippen LogP contribution in [0.25, 0.3) is 0 Å². The third kappa shape index (κ3) is 43.8. The maximum Gasteiger partial charge on any atom is 0.246 e. The summed E-state index contributed by atoms with van der Waals surface area (Å²) in [6, 6.07) is 0. The molecule has 0 aromatic carbocycles. The van der Waals surface area contributed by atoms with Gasteiger partial charge in [0.05, 0.1) is 11.9 Å². The molecule has 18 heteroatoms. The molecule has 0 aliphatic heterocycles. The van der Waals surface area contributed by atoms with E-state index in [4.69, 9.17) is 16.2 Å². The number of nitrogens with two attached hydrogens (primary N) is 2. The van der Waals surface area contributed by atoms with Gasteiger partial charge in [-0.2, -0.15) is 11.8 Å². The minimum Gasteiger partial charge on any atom is -0.367 e. The molecule has 1 unspecified atom stereocenters. The predicted octanol–water partition coefficient (Wildman–Crippen LogP) is 1.56. The predicted molar refractivity (Wildman–Crippen MR) is 241 cm³/mol. The number of carbonyl (C=O) groups is 4. The van der Waals surface area contributed by atoms with Crippen molar-refractivity contribution in [1.29, 1.82) is 0 Å². The van der Waals surface area contributed by atoms with Crippen molar-refractivity contribution in [2.45, 2.75) is 97.0 Å². The number of amides is 4. The van der Waals surface area contributed by atoms with Crippen LogP contribution in [0.15, 0.2) is 0 Å². The van der Waals surface area contributed by atoms with Crippen molar-refractivity contribution < 1.29 is 23.9 Å². The lowest BCUT2D eigenvalue weighted by Gasteiger charge is -2.19. The second-order valence-electron chi connectivity index (χ2n) is 13.3. The van der Waals surface area contributed by atoms with Gasteiger partial charge in [0.15, 0.2) is 0 Å². The van der Waals surface area contributed by atoms with Crippen molar-refractivity contribution in [2.75, 3.05) is 122 Å². The minimum atomic E-state index is -0.112. The number of nitrogens with one attached hydrogen (secondary N) is 8. The number of rotatable bonds is 43. The first-order chi connectivity index (χ1) is 26.9. The molecule has 332 valence electrons. The highest BCUT2D eigenvalue weighted by molar-refractivity contribution is 8.76. The van der Waals surface area contributed by atoms with Crippen molar-refractivity contribution in [3.05, 3.63) is 0 Å². The van der Waals surface area contributed by atoms with Crippen LogP contribution >= 0.6 is 33.3 Å². The number of unbranched alkanes of at least 4 members (excludes halogenated alkanes) is 4. The Hall–Kier alpha value is -1.35. The molecule has 0 spiro atoms. The summed E-state index contributed by atoms with van der Waals surface area (Å²) in [6.07, 6.45) is 13.4. The van der Waals surface area contributed by atoms with Gasteiger partial charge >= 0.3 is 0 Å². The molecular weight excluding hydrogens is 773 g/mol. The zero-order valence-electron chi connectivity index (χ0n) is 33.9. The molecule has 12 N–H and O–H groups in total. The summed E-state index contributed by atoms with van der Waals surface area (Å²) in [7, 11) is 3.03. The van der Waals surface area contributed by atoms with E-state index in [1.54, 1.807) is 22.6 Å². The number of thioether (sulfide) groups is 1. The van der Waals surface area contributed by atoms with Gasteiger partial charge in [-0.3, -0.25) is 19.2 Å². The average Bonchev–Trinajstić information content (AvgIpc) is 3.18. The van der Waals surface area contributed by atoms with Gasteiger partial charge in [0.2, 0.25) is 23.6 Å². The molecule has 4 amide bonds. The summed E-state index contributed by atoms with van der Waals surface area (Å²) in [4.78, 5) is 48.2. The molecule has 56 heavy (non-hydrogen) atoms. The van der Waals surface area contributed by atoms with Crippen molar-refractivity contribution in [3.8, 4) is 0 Å². The maximum atomic E-state index is 12.4. The van der Waals surface area contributed by atoms with Crippen LogP contribution in [0.2, 0.25) is 0 Å². The van der Waals surface area contributed by atoms with Crippen molar-refractivity contribution in [3.63, 3.8) is 0 Å². The van der Waals surface area contributed by atoms with Gasteiger partial charge in [0, 0.05) is 57.1 Å². The molecule has 0 radical (unpaired) electrons. The molecule has 0 bridgehead atoms. The van der Waals surface area contributed by atoms with Gasteiger partial charge in [-0.1, -0.05) is 41.9 Å². The summed E-state index contributed by atoms with van der Waals surface area (Å²) in [5, 5.41) is 25.4. The Morgan fingerprint density at radius 1 is 0.518 bits per heavy atom. The first-order valence-corrected chi connectivity index (χ1v) is 24.5. The zero-order chi connectivity index (χ0) is 40.3. The van der Waals surface area contributed by atoms with Crippen molar-refractivity contribution in [1.82, 2.24) is 42.5 Å². The van der Waals surface area contributed by atoms with Gasteiger partial charge in [-0.25, -0.2) is 0 Å². The van der Waals surface area contributed by atoms with Crippen LogP contribution in [0.1, 0.15) is 90.9 Å². The molecule has 0 saturated carbocycles. The minimum absolute atomic E-state index is 0. The fourth-order valence-electron chi connectivity index (χ4n) is 5.00. The topological polar surface area (TPSA) is 226 Å². The SMILES string of the molecule is C.CSCCC(=O)NCCCCCCNC(=O)COC(CCNCCCNC(=O)CCSSCC(=O)NCCCNCCCCNCCCN)CNCCCN. The van der Waals surface area contributed by atoms with E-state index in [1.807, 2.05) is 6.26 Å². The summed E-state index contributed by atoms with van der Waals surface area (Å²) < 4.78 is 5.95. The van der Waals surface area contributed by atoms with E-state index in [0.717, 1.165) is 129 Å². The quantitative estimate of drug-likeness (QED) is 0.0311. The fraction of sp³-hybridized carbons (Fsp3) is 0.895. The van der Waals surface area contributed by atoms with Gasteiger partial charge in [0.1, 0.15) is 6.61 Å². The number of hydrogen-bond donors (Lipinski definition) is 10. The van der Waals surface area contributed by atoms with Gasteiger partial charge in [-0.15, -0.1) is 0 Å². The Morgan fingerprint density at radius 2 is 0.982 bits per heavy atom. The Balaban J connectivity index is 0. The van der Waals surface area contributed by atoms with Gasteiger partial charge in [-0.05, 0) is 123 Å². The monoisotopic (exact) mass is 855 g/mol. The van der Waals surface area contributed by atoms with Crippen LogP contribution in [0.5, 0.6) is 0 Å². The third-order valence-corrected chi connectivity index (χ3v) is 11.1. The standard InChI is InChI=1S/C37H78N10O5S3.CH4/c1-53-28-13-34(48)44-23-4-2-3-5-24-46-36(50)31-52-33(30-43-20-9-16-39)12-27-42-22-11-25-45-35(49)14-29-54-55-32-37(51)47-26-10-21-41-18-7-6-17-40-19-8-15-38;/h33,40-43H,2-32,38-39H2,1H3,(H,44,48)(H,45,49)(H,46,50)(H,47,51);1H4. The van der Waals surface area contributed by atoms with Gasteiger partial charge in [0.25, 0.3) is 0 Å². The third-order valence-electron chi connectivity index (χ3n) is 8.21. The summed E-state index contributed by atoms with van der Waals surface area (Å²) in [6.45, 7) is 10.8. The van der Waals surface area contributed by atoms with Crippen LogP contribution in [-0.2, 0) is 23.9 Å². The lowest BCUT2D eigenvalue weighted by molar-refractivity contribution is -0.127. The molecule has 0 aliphatic rings. The van der Waals surface area contributed by atoms with E-state index in [1.165, 1.54) is 10.8 Å². The lowest BCUT2D eigenvalue weighted by Crippen LogP contribution is -2.37.